The zero-order valence-corrected chi connectivity index (χ0v) is 17.6. The predicted molar refractivity (Wildman–Crippen MR) is 122 cm³/mol. The minimum absolute atomic E-state index is 0.122. The van der Waals surface area contributed by atoms with Gasteiger partial charge in [0.1, 0.15) is 5.75 Å². The Bertz CT molecular complexity index is 1300. The molecule has 0 unspecified atom stereocenters. The van der Waals surface area contributed by atoms with Crippen molar-refractivity contribution in [1.29, 1.82) is 0 Å². The number of nitrogens with zero attached hydrogens (tertiary/aromatic N) is 3. The lowest BCUT2D eigenvalue weighted by Crippen LogP contribution is -2.50. The van der Waals surface area contributed by atoms with Crippen molar-refractivity contribution < 1.29 is 14.3 Å². The Balaban J connectivity index is 1.40. The van der Waals surface area contributed by atoms with Gasteiger partial charge in [-0.3, -0.25) is 9.59 Å². The first-order valence-electron chi connectivity index (χ1n) is 10.4. The summed E-state index contributed by atoms with van der Waals surface area (Å²) in [5.41, 5.74) is 3.84. The molecule has 3 aromatic carbocycles. The summed E-state index contributed by atoms with van der Waals surface area (Å²) < 4.78 is 7.85. The average molecular weight is 426 g/mol. The molecule has 0 bridgehead atoms. The molecule has 2 amide bonds. The summed E-state index contributed by atoms with van der Waals surface area (Å²) in [7, 11) is 1.91. The Morgan fingerprint density at radius 2 is 1.84 bits per heavy atom. The van der Waals surface area contributed by atoms with Gasteiger partial charge in [-0.25, -0.2) is 4.98 Å². The van der Waals surface area contributed by atoms with E-state index in [4.69, 9.17) is 4.74 Å². The van der Waals surface area contributed by atoms with Gasteiger partial charge >= 0.3 is 0 Å². The summed E-state index contributed by atoms with van der Waals surface area (Å²) >= 11 is 0. The van der Waals surface area contributed by atoms with Crippen LogP contribution in [0.1, 0.15) is 15.9 Å². The molecule has 0 radical (unpaired) electrons. The number of aromatic nitrogens is 2. The smallest absolute Gasteiger partial charge is 0.263 e. The Morgan fingerprint density at radius 3 is 2.69 bits per heavy atom. The summed E-state index contributed by atoms with van der Waals surface area (Å²) in [5, 5.41) is 2.91. The number of carbonyl (C=O) groups excluding carboxylic acids is 2. The third-order valence-electron chi connectivity index (χ3n) is 5.59. The number of carbonyl (C=O) groups is 2. The van der Waals surface area contributed by atoms with Crippen LogP contribution in [0.5, 0.6) is 5.75 Å². The predicted octanol–water partition coefficient (Wildman–Crippen LogP) is 3.30. The number of imidazole rings is 1. The van der Waals surface area contributed by atoms with Crippen molar-refractivity contribution in [2.45, 2.75) is 12.6 Å². The van der Waals surface area contributed by atoms with E-state index in [9.17, 15) is 9.59 Å². The van der Waals surface area contributed by atoms with E-state index >= 15 is 0 Å². The van der Waals surface area contributed by atoms with Crippen molar-refractivity contribution in [3.05, 3.63) is 90.3 Å². The van der Waals surface area contributed by atoms with Crippen molar-refractivity contribution in [3.63, 3.8) is 0 Å². The Labute approximate surface area is 185 Å². The molecule has 5 rings (SSSR count). The molecule has 1 N–H and O–H groups in total. The van der Waals surface area contributed by atoms with Crippen LogP contribution in [0, 0.1) is 0 Å². The van der Waals surface area contributed by atoms with Gasteiger partial charge in [-0.1, -0.05) is 42.5 Å². The fourth-order valence-electron chi connectivity index (χ4n) is 3.89. The molecule has 7 heteroatoms. The lowest BCUT2D eigenvalue weighted by molar-refractivity contribution is -0.127. The highest BCUT2D eigenvalue weighted by Crippen LogP contribution is 2.34. The monoisotopic (exact) mass is 426 g/mol. The minimum atomic E-state index is -0.809. The average Bonchev–Trinajstić information content (AvgIpc) is 3.22. The first-order valence-corrected chi connectivity index (χ1v) is 10.4. The fraction of sp³-hybridized carbons (Fsp3) is 0.160. The van der Waals surface area contributed by atoms with Crippen LogP contribution in [-0.4, -0.2) is 34.0 Å². The minimum Gasteiger partial charge on any atom is -0.477 e. The van der Waals surface area contributed by atoms with Crippen LogP contribution in [0.2, 0.25) is 0 Å². The molecule has 32 heavy (non-hydrogen) atoms. The lowest BCUT2D eigenvalue weighted by atomic mass is 10.1. The molecule has 2 heterocycles. The van der Waals surface area contributed by atoms with E-state index in [1.54, 1.807) is 29.4 Å². The Kier molecular flexibility index (Phi) is 5.07. The van der Waals surface area contributed by atoms with E-state index in [0.717, 1.165) is 16.6 Å². The second-order valence-electron chi connectivity index (χ2n) is 7.75. The van der Waals surface area contributed by atoms with Crippen molar-refractivity contribution in [2.75, 3.05) is 11.4 Å². The van der Waals surface area contributed by atoms with E-state index in [0.29, 0.717) is 23.5 Å². The van der Waals surface area contributed by atoms with Crippen molar-refractivity contribution >= 4 is 28.5 Å². The molecule has 4 aromatic rings. The number of benzene rings is 3. The summed E-state index contributed by atoms with van der Waals surface area (Å²) in [4.78, 5) is 32.3. The van der Waals surface area contributed by atoms with Gasteiger partial charge < -0.3 is 19.5 Å². The SMILES string of the molecule is Cn1cnc2cc(C(=O)N3C[C@H](C(=O)NCc4ccccc4)Oc4ccccc43)ccc21. The van der Waals surface area contributed by atoms with Crippen molar-refractivity contribution in [2.24, 2.45) is 7.05 Å². The van der Waals surface area contributed by atoms with E-state index in [2.05, 4.69) is 10.3 Å². The van der Waals surface area contributed by atoms with Gasteiger partial charge in [0.05, 0.1) is 29.6 Å². The molecule has 0 saturated heterocycles. The number of nitrogens with one attached hydrogen (secondary N) is 1. The molecule has 0 saturated carbocycles. The Hall–Kier alpha value is -4.13. The van der Waals surface area contributed by atoms with E-state index in [1.807, 2.05) is 66.2 Å². The maximum Gasteiger partial charge on any atom is 0.263 e. The third-order valence-corrected chi connectivity index (χ3v) is 5.59. The highest BCUT2D eigenvalue weighted by Gasteiger charge is 2.34. The molecule has 1 atom stereocenters. The quantitative estimate of drug-likeness (QED) is 0.543. The van der Waals surface area contributed by atoms with E-state index in [1.165, 1.54) is 0 Å². The Morgan fingerprint density at radius 1 is 1.06 bits per heavy atom. The largest absolute Gasteiger partial charge is 0.477 e. The van der Waals surface area contributed by atoms with Crippen LogP contribution < -0.4 is 15.0 Å². The topological polar surface area (TPSA) is 76.5 Å². The maximum atomic E-state index is 13.5. The first-order chi connectivity index (χ1) is 15.6. The second-order valence-corrected chi connectivity index (χ2v) is 7.75. The van der Waals surface area contributed by atoms with Crippen LogP contribution >= 0.6 is 0 Å². The number of fused-ring (bicyclic) bond motifs is 2. The van der Waals surface area contributed by atoms with Crippen LogP contribution in [0.15, 0.2) is 79.1 Å². The number of amides is 2. The normalized spacial score (nSPS) is 15.2. The van der Waals surface area contributed by atoms with Gasteiger partial charge in [0.2, 0.25) is 0 Å². The van der Waals surface area contributed by atoms with E-state index < -0.39 is 6.10 Å². The lowest BCUT2D eigenvalue weighted by Gasteiger charge is -2.34. The number of aryl methyl sites for hydroxylation is 1. The standard InChI is InChI=1S/C25H22N4O3/c1-28-16-27-19-13-18(11-12-20(19)28)25(31)29-15-23(32-22-10-6-5-9-21(22)29)24(30)26-14-17-7-3-2-4-8-17/h2-13,16,23H,14-15H2,1H3,(H,26,30)/t23-/m1/s1. The van der Waals surface area contributed by atoms with Crippen molar-refractivity contribution in [1.82, 2.24) is 14.9 Å². The van der Waals surface area contributed by atoms with Gasteiger partial charge in [-0.05, 0) is 35.9 Å². The van der Waals surface area contributed by atoms with Crippen LogP contribution in [0.4, 0.5) is 5.69 Å². The zero-order valence-electron chi connectivity index (χ0n) is 17.6. The van der Waals surface area contributed by atoms with Gasteiger partial charge in [0, 0.05) is 19.2 Å². The summed E-state index contributed by atoms with van der Waals surface area (Å²) in [6.07, 6.45) is 0.909. The third kappa shape index (κ3) is 3.69. The molecule has 1 aliphatic heterocycles. The number of hydrogen-bond acceptors (Lipinski definition) is 4. The molecular formula is C25H22N4O3. The highest BCUT2D eigenvalue weighted by atomic mass is 16.5. The van der Waals surface area contributed by atoms with Crippen LogP contribution in [0.3, 0.4) is 0 Å². The van der Waals surface area contributed by atoms with Crippen LogP contribution in [0.25, 0.3) is 11.0 Å². The molecule has 160 valence electrons. The van der Waals surface area contributed by atoms with Gasteiger partial charge in [0.25, 0.3) is 11.8 Å². The van der Waals surface area contributed by atoms with Crippen LogP contribution in [-0.2, 0) is 18.4 Å². The number of para-hydroxylation sites is 2. The number of hydrogen-bond donors (Lipinski definition) is 1. The summed E-state index contributed by atoms with van der Waals surface area (Å²) in [6, 6.07) is 22.4. The van der Waals surface area contributed by atoms with Crippen molar-refractivity contribution in [3.8, 4) is 5.75 Å². The molecule has 0 spiro atoms. The summed E-state index contributed by atoms with van der Waals surface area (Å²) in [6.45, 7) is 0.516. The molecule has 0 fully saturated rings. The maximum absolute atomic E-state index is 13.5. The first kappa shape index (κ1) is 19.8. The summed E-state index contributed by atoms with van der Waals surface area (Å²) in [5.74, 6) is 0.0429. The number of anilines is 1. The van der Waals surface area contributed by atoms with Gasteiger partial charge in [-0.2, -0.15) is 0 Å². The number of rotatable bonds is 4. The molecule has 1 aromatic heterocycles. The molecule has 7 nitrogen and oxygen atoms in total. The molecular weight excluding hydrogens is 404 g/mol. The number of ether oxygens (including phenoxy) is 1. The molecule has 0 aliphatic carbocycles. The highest BCUT2D eigenvalue weighted by molar-refractivity contribution is 6.09. The van der Waals surface area contributed by atoms with Gasteiger partial charge in [-0.15, -0.1) is 0 Å². The van der Waals surface area contributed by atoms with Gasteiger partial charge in [0.15, 0.2) is 6.10 Å². The zero-order chi connectivity index (χ0) is 22.1. The fourth-order valence-corrected chi connectivity index (χ4v) is 3.89. The van der Waals surface area contributed by atoms with E-state index in [-0.39, 0.29) is 18.4 Å². The second kappa shape index (κ2) is 8.19. The molecule has 1 aliphatic rings.